The first-order chi connectivity index (χ1) is 18.9. The van der Waals surface area contributed by atoms with Gasteiger partial charge in [-0.05, 0) is 57.5 Å². The molecule has 2 aromatic carbocycles. The Bertz CT molecular complexity index is 1330. The van der Waals surface area contributed by atoms with Crippen molar-refractivity contribution in [3.63, 3.8) is 0 Å². The molecule has 0 aliphatic heterocycles. The van der Waals surface area contributed by atoms with Crippen molar-refractivity contribution in [2.24, 2.45) is 0 Å². The van der Waals surface area contributed by atoms with Crippen LogP contribution in [0.15, 0.2) is 53.1 Å². The van der Waals surface area contributed by atoms with E-state index in [1.54, 1.807) is 62.6 Å². The minimum Gasteiger partial charge on any atom is -0.497 e. The number of carbonyl (C=O) groups is 3. The van der Waals surface area contributed by atoms with Crippen molar-refractivity contribution in [3.05, 3.63) is 59.9 Å². The number of nitrogens with one attached hydrogen (secondary N) is 2. The zero-order valence-electron chi connectivity index (χ0n) is 23.9. The largest absolute Gasteiger partial charge is 0.497 e. The van der Waals surface area contributed by atoms with E-state index in [-0.39, 0.29) is 18.7 Å². The van der Waals surface area contributed by atoms with Crippen LogP contribution in [-0.4, -0.2) is 49.7 Å². The summed E-state index contributed by atoms with van der Waals surface area (Å²) in [6.07, 6.45) is -0.373. The van der Waals surface area contributed by atoms with E-state index in [1.807, 2.05) is 20.8 Å². The summed E-state index contributed by atoms with van der Waals surface area (Å²) in [5.41, 5.74) is 0.248. The molecule has 0 saturated heterocycles. The van der Waals surface area contributed by atoms with Gasteiger partial charge in [-0.2, -0.15) is 0 Å². The molecule has 0 saturated carbocycles. The number of benzene rings is 2. The number of aryl methyl sites for hydroxylation is 1. The Morgan fingerprint density at radius 2 is 1.57 bits per heavy atom. The minimum atomic E-state index is -1.11. The lowest BCUT2D eigenvalue weighted by Crippen LogP contribution is -2.49. The molecule has 0 bridgehead atoms. The molecule has 1 aromatic heterocycles. The number of carbonyl (C=O) groups excluding carboxylic acids is 3. The molecule has 2 N–H and O–H groups in total. The molecule has 0 spiro atoms. The van der Waals surface area contributed by atoms with Crippen LogP contribution in [0.5, 0.6) is 17.2 Å². The van der Waals surface area contributed by atoms with Gasteiger partial charge in [0, 0.05) is 30.5 Å². The number of methoxy groups -OCH3 is 3. The average molecular weight is 553 g/mol. The molecule has 0 radical (unpaired) electrons. The summed E-state index contributed by atoms with van der Waals surface area (Å²) in [6.45, 7) is 7.26. The molecular formula is C29H36N4O7. The maximum absolute atomic E-state index is 14.0. The van der Waals surface area contributed by atoms with Crippen LogP contribution >= 0.6 is 0 Å². The maximum Gasteiger partial charge on any atom is 0.248 e. The van der Waals surface area contributed by atoms with Gasteiger partial charge in [0.05, 0.1) is 27.0 Å². The van der Waals surface area contributed by atoms with E-state index in [1.165, 1.54) is 19.1 Å². The van der Waals surface area contributed by atoms with Crippen LogP contribution in [0.1, 0.15) is 51.0 Å². The standard InChI is InChI=1S/C29H36N4O7/c1-18-16-24(32-40-18)30-25(34)14-15-26(35)33(22-17-21(38-6)12-13-23(22)39-7)27(28(36)31-29(2,3)4)19-8-10-20(37-5)11-9-19/h8-13,16-17,27H,14-15H2,1-7H3,(H,31,36)(H,30,32,34). The van der Waals surface area contributed by atoms with E-state index in [2.05, 4.69) is 15.8 Å². The van der Waals surface area contributed by atoms with Gasteiger partial charge in [0.15, 0.2) is 5.82 Å². The van der Waals surface area contributed by atoms with Crippen LogP contribution in [-0.2, 0) is 14.4 Å². The molecule has 3 rings (SSSR count). The lowest BCUT2D eigenvalue weighted by Gasteiger charge is -2.34. The Morgan fingerprint density at radius 1 is 0.925 bits per heavy atom. The molecule has 0 aliphatic carbocycles. The van der Waals surface area contributed by atoms with Crippen molar-refractivity contribution in [1.82, 2.24) is 10.5 Å². The van der Waals surface area contributed by atoms with Gasteiger partial charge in [-0.25, -0.2) is 0 Å². The van der Waals surface area contributed by atoms with E-state index in [0.717, 1.165) is 0 Å². The van der Waals surface area contributed by atoms with Crippen molar-refractivity contribution in [2.75, 3.05) is 31.5 Å². The summed E-state index contributed by atoms with van der Waals surface area (Å²) >= 11 is 0. The highest BCUT2D eigenvalue weighted by atomic mass is 16.5. The highest BCUT2D eigenvalue weighted by molar-refractivity contribution is 6.04. The number of amides is 3. The normalized spacial score (nSPS) is 11.8. The number of ether oxygens (including phenoxy) is 3. The van der Waals surface area contributed by atoms with E-state index in [4.69, 9.17) is 18.7 Å². The molecular weight excluding hydrogens is 516 g/mol. The maximum atomic E-state index is 14.0. The molecule has 1 atom stereocenters. The smallest absolute Gasteiger partial charge is 0.248 e. The van der Waals surface area contributed by atoms with Gasteiger partial charge in [0.25, 0.3) is 0 Å². The third kappa shape index (κ3) is 7.75. The first-order valence-corrected chi connectivity index (χ1v) is 12.7. The fourth-order valence-corrected chi connectivity index (χ4v) is 4.02. The zero-order valence-corrected chi connectivity index (χ0v) is 23.9. The molecule has 1 unspecified atom stereocenters. The second-order valence-corrected chi connectivity index (χ2v) is 10.1. The summed E-state index contributed by atoms with van der Waals surface area (Å²) in [4.78, 5) is 41.8. The number of rotatable bonds is 11. The lowest BCUT2D eigenvalue weighted by atomic mass is 9.99. The molecule has 214 valence electrons. The Hall–Kier alpha value is -4.54. The third-order valence-corrected chi connectivity index (χ3v) is 5.81. The molecule has 40 heavy (non-hydrogen) atoms. The highest BCUT2D eigenvalue weighted by Gasteiger charge is 2.36. The van der Waals surface area contributed by atoms with Gasteiger partial charge in [0.1, 0.15) is 29.1 Å². The quantitative estimate of drug-likeness (QED) is 0.357. The Balaban J connectivity index is 2.07. The number of anilines is 2. The summed E-state index contributed by atoms with van der Waals surface area (Å²) in [5.74, 6) is 0.851. The second kappa shape index (κ2) is 13.0. The van der Waals surface area contributed by atoms with Crippen LogP contribution in [0, 0.1) is 6.92 Å². The van der Waals surface area contributed by atoms with Crippen molar-refractivity contribution >= 4 is 29.2 Å². The summed E-state index contributed by atoms with van der Waals surface area (Å²) < 4.78 is 21.3. The first kappa shape index (κ1) is 30.0. The van der Waals surface area contributed by atoms with Gasteiger partial charge in [-0.3, -0.25) is 19.3 Å². The average Bonchev–Trinajstić information content (AvgIpc) is 3.33. The Morgan fingerprint density at radius 3 is 2.12 bits per heavy atom. The van der Waals surface area contributed by atoms with E-state index < -0.39 is 29.3 Å². The van der Waals surface area contributed by atoms with E-state index in [0.29, 0.717) is 34.3 Å². The van der Waals surface area contributed by atoms with Crippen molar-refractivity contribution < 1.29 is 33.1 Å². The lowest BCUT2D eigenvalue weighted by molar-refractivity contribution is -0.128. The summed E-state index contributed by atoms with van der Waals surface area (Å²) in [7, 11) is 4.51. The number of nitrogens with zero attached hydrogens (tertiary/aromatic N) is 2. The molecule has 0 aliphatic rings. The van der Waals surface area contributed by atoms with Gasteiger partial charge in [-0.15, -0.1) is 0 Å². The van der Waals surface area contributed by atoms with Gasteiger partial charge in [0.2, 0.25) is 17.7 Å². The molecule has 11 heteroatoms. The van der Waals surface area contributed by atoms with Crippen molar-refractivity contribution in [2.45, 2.75) is 52.1 Å². The Labute approximate surface area is 233 Å². The topological polar surface area (TPSA) is 132 Å². The molecule has 0 fully saturated rings. The fraction of sp³-hybridized carbons (Fsp3) is 0.379. The van der Waals surface area contributed by atoms with Crippen LogP contribution in [0.2, 0.25) is 0 Å². The van der Waals surface area contributed by atoms with E-state index >= 15 is 0 Å². The predicted octanol–water partition coefficient (Wildman–Crippen LogP) is 4.42. The van der Waals surface area contributed by atoms with Crippen LogP contribution in [0.3, 0.4) is 0 Å². The molecule has 3 aromatic rings. The molecule has 1 heterocycles. The number of hydrogen-bond donors (Lipinski definition) is 2. The zero-order chi connectivity index (χ0) is 29.4. The fourth-order valence-electron chi connectivity index (χ4n) is 4.02. The molecule has 3 amide bonds. The van der Waals surface area contributed by atoms with Crippen molar-refractivity contribution in [3.8, 4) is 17.2 Å². The summed E-state index contributed by atoms with van der Waals surface area (Å²) in [5, 5.41) is 9.35. The molecule has 11 nitrogen and oxygen atoms in total. The van der Waals surface area contributed by atoms with Crippen LogP contribution in [0.4, 0.5) is 11.5 Å². The third-order valence-electron chi connectivity index (χ3n) is 5.81. The SMILES string of the molecule is COc1ccc(C(C(=O)NC(C)(C)C)N(C(=O)CCC(=O)Nc2cc(C)on2)c2cc(OC)ccc2OC)cc1. The number of hydrogen-bond acceptors (Lipinski definition) is 8. The minimum absolute atomic E-state index is 0.163. The Kier molecular flexibility index (Phi) is 9.76. The number of aromatic nitrogens is 1. The van der Waals surface area contributed by atoms with Crippen LogP contribution < -0.4 is 29.7 Å². The van der Waals surface area contributed by atoms with Gasteiger partial charge in [-0.1, -0.05) is 17.3 Å². The van der Waals surface area contributed by atoms with Crippen molar-refractivity contribution in [1.29, 1.82) is 0 Å². The summed E-state index contributed by atoms with van der Waals surface area (Å²) in [6, 6.07) is 12.3. The second-order valence-electron chi connectivity index (χ2n) is 10.1. The van der Waals surface area contributed by atoms with Crippen LogP contribution in [0.25, 0.3) is 0 Å². The monoisotopic (exact) mass is 552 g/mol. The first-order valence-electron chi connectivity index (χ1n) is 12.7. The van der Waals surface area contributed by atoms with Gasteiger partial charge >= 0.3 is 0 Å². The van der Waals surface area contributed by atoms with Gasteiger partial charge < -0.3 is 29.4 Å². The highest BCUT2D eigenvalue weighted by Crippen LogP contribution is 2.38. The van der Waals surface area contributed by atoms with E-state index in [9.17, 15) is 14.4 Å². The predicted molar refractivity (Wildman–Crippen MR) is 150 cm³/mol.